The lowest BCUT2D eigenvalue weighted by atomic mass is 10.1. The third kappa shape index (κ3) is 3.96. The summed E-state index contributed by atoms with van der Waals surface area (Å²) in [5, 5.41) is 27.1. The highest BCUT2D eigenvalue weighted by molar-refractivity contribution is 5.31. The first-order valence-electron chi connectivity index (χ1n) is 7.29. The van der Waals surface area contributed by atoms with Crippen molar-refractivity contribution in [3.63, 3.8) is 0 Å². The van der Waals surface area contributed by atoms with Crippen LogP contribution < -0.4 is 4.74 Å². The van der Waals surface area contributed by atoms with E-state index in [9.17, 15) is 10.2 Å². The van der Waals surface area contributed by atoms with Gasteiger partial charge in [-0.25, -0.2) is 4.68 Å². The number of aliphatic hydroxyl groups is 1. The number of hydrogen-bond acceptors (Lipinski definition) is 6. The number of nitrogens with zero attached hydrogens (tertiary/aromatic N) is 3. The van der Waals surface area contributed by atoms with Crippen LogP contribution in [0.15, 0.2) is 30.5 Å². The number of aromatic hydroxyl groups is 1. The molecule has 0 aliphatic carbocycles. The molecule has 3 rings (SSSR count). The second kappa shape index (κ2) is 6.76. The molecule has 0 spiro atoms. The number of benzene rings is 1. The topological polar surface area (TPSA) is 89.6 Å². The quantitative estimate of drug-likeness (QED) is 0.860. The first-order valence-corrected chi connectivity index (χ1v) is 7.29. The van der Waals surface area contributed by atoms with E-state index in [0.717, 1.165) is 0 Å². The molecule has 1 aromatic carbocycles. The lowest BCUT2D eigenvalue weighted by Crippen LogP contribution is -2.32. The molecule has 0 bridgehead atoms. The van der Waals surface area contributed by atoms with E-state index < -0.39 is 0 Å². The van der Waals surface area contributed by atoms with Gasteiger partial charge in [0.25, 0.3) is 0 Å². The molecule has 1 saturated heterocycles. The maximum Gasteiger partial charge on any atom is 0.134 e. The fourth-order valence-corrected chi connectivity index (χ4v) is 2.42. The highest BCUT2D eigenvalue weighted by Crippen LogP contribution is 2.19. The van der Waals surface area contributed by atoms with Crippen LogP contribution >= 0.6 is 0 Å². The lowest BCUT2D eigenvalue weighted by Gasteiger charge is -2.26. The Morgan fingerprint density at radius 3 is 3.14 bits per heavy atom. The van der Waals surface area contributed by atoms with Crippen molar-refractivity contribution in [3.8, 4) is 11.5 Å². The molecule has 1 fully saturated rings. The maximum atomic E-state index is 9.63. The van der Waals surface area contributed by atoms with Crippen LogP contribution in [0.4, 0.5) is 0 Å². The molecule has 7 nitrogen and oxygen atoms in total. The van der Waals surface area contributed by atoms with Crippen LogP contribution in [0.1, 0.15) is 18.5 Å². The van der Waals surface area contributed by atoms with Crippen LogP contribution in [0.5, 0.6) is 11.5 Å². The first kappa shape index (κ1) is 14.8. The average molecular weight is 305 g/mol. The number of aromatic nitrogens is 3. The second-order valence-corrected chi connectivity index (χ2v) is 5.39. The van der Waals surface area contributed by atoms with Crippen LogP contribution in [-0.4, -0.2) is 44.0 Å². The van der Waals surface area contributed by atoms with E-state index in [2.05, 4.69) is 10.3 Å². The number of aliphatic hydroxyl groups excluding tert-OH is 1. The fraction of sp³-hybridized carbons (Fsp3) is 0.467. The van der Waals surface area contributed by atoms with Crippen LogP contribution in [-0.2, 0) is 17.9 Å². The Bertz CT molecular complexity index is 616. The van der Waals surface area contributed by atoms with Gasteiger partial charge in [0.15, 0.2) is 0 Å². The van der Waals surface area contributed by atoms with Crippen LogP contribution in [0.2, 0.25) is 0 Å². The van der Waals surface area contributed by atoms with Gasteiger partial charge in [-0.15, -0.1) is 5.10 Å². The summed E-state index contributed by atoms with van der Waals surface area (Å²) in [6, 6.07) is 6.61. The van der Waals surface area contributed by atoms with Gasteiger partial charge in [-0.05, 0) is 18.6 Å². The van der Waals surface area contributed by atoms with Gasteiger partial charge in [-0.2, -0.15) is 0 Å². The minimum atomic E-state index is -0.296. The highest BCUT2D eigenvalue weighted by atomic mass is 16.5. The third-order valence-corrected chi connectivity index (χ3v) is 3.52. The number of hydrogen-bond donors (Lipinski definition) is 2. The van der Waals surface area contributed by atoms with Gasteiger partial charge in [-0.3, -0.25) is 0 Å². The van der Waals surface area contributed by atoms with Gasteiger partial charge in [-0.1, -0.05) is 11.3 Å². The van der Waals surface area contributed by atoms with Gasteiger partial charge in [0.05, 0.1) is 24.9 Å². The number of ether oxygens (including phenoxy) is 2. The molecule has 0 saturated carbocycles. The normalized spacial score (nSPS) is 21.7. The summed E-state index contributed by atoms with van der Waals surface area (Å²) in [5.41, 5.74) is 0.694. The SMILES string of the molecule is Oc1cccc(OCc2cn(CC3CC(O)CCO3)nn2)c1. The molecule has 118 valence electrons. The Labute approximate surface area is 128 Å². The monoisotopic (exact) mass is 305 g/mol. The summed E-state index contributed by atoms with van der Waals surface area (Å²) >= 11 is 0. The van der Waals surface area contributed by atoms with Crippen molar-refractivity contribution < 1.29 is 19.7 Å². The Morgan fingerprint density at radius 1 is 1.41 bits per heavy atom. The number of phenols is 1. The van der Waals surface area contributed by atoms with Crippen LogP contribution in [0.25, 0.3) is 0 Å². The van der Waals surface area contributed by atoms with Crippen molar-refractivity contribution in [2.24, 2.45) is 0 Å². The Balaban J connectivity index is 1.52. The van der Waals surface area contributed by atoms with E-state index in [-0.39, 0.29) is 24.6 Å². The van der Waals surface area contributed by atoms with Crippen molar-refractivity contribution in [1.29, 1.82) is 0 Å². The van der Waals surface area contributed by atoms with Crippen molar-refractivity contribution in [3.05, 3.63) is 36.2 Å². The van der Waals surface area contributed by atoms with Gasteiger partial charge in [0.1, 0.15) is 23.8 Å². The van der Waals surface area contributed by atoms with Gasteiger partial charge < -0.3 is 19.7 Å². The van der Waals surface area contributed by atoms with Crippen LogP contribution in [0, 0.1) is 0 Å². The predicted octanol–water partition coefficient (Wildman–Crippen LogP) is 1.10. The average Bonchev–Trinajstić information content (AvgIpc) is 2.93. The first-order chi connectivity index (χ1) is 10.7. The molecular formula is C15H19N3O4. The standard InChI is InChI=1S/C15H19N3O4/c19-12-2-1-3-14(6-12)22-10-11-8-18(17-16-11)9-15-7-13(20)4-5-21-15/h1-3,6,8,13,15,19-20H,4-5,7,9-10H2. The zero-order chi connectivity index (χ0) is 15.4. The fourth-order valence-electron chi connectivity index (χ4n) is 2.42. The van der Waals surface area contributed by atoms with Gasteiger partial charge in [0, 0.05) is 19.1 Å². The zero-order valence-electron chi connectivity index (χ0n) is 12.1. The molecule has 2 heterocycles. The smallest absolute Gasteiger partial charge is 0.134 e. The lowest BCUT2D eigenvalue weighted by molar-refractivity contribution is -0.0512. The van der Waals surface area contributed by atoms with Crippen molar-refractivity contribution in [2.75, 3.05) is 6.61 Å². The third-order valence-electron chi connectivity index (χ3n) is 3.52. The van der Waals surface area contributed by atoms with E-state index in [1.807, 2.05) is 0 Å². The minimum Gasteiger partial charge on any atom is -0.508 e. The molecule has 1 aliphatic rings. The second-order valence-electron chi connectivity index (χ2n) is 5.39. The predicted molar refractivity (Wildman–Crippen MR) is 77.4 cm³/mol. The van der Waals surface area contributed by atoms with E-state index in [0.29, 0.717) is 37.4 Å². The van der Waals surface area contributed by atoms with Crippen molar-refractivity contribution >= 4 is 0 Å². The maximum absolute atomic E-state index is 9.63. The Kier molecular flexibility index (Phi) is 4.55. The zero-order valence-corrected chi connectivity index (χ0v) is 12.1. The highest BCUT2D eigenvalue weighted by Gasteiger charge is 2.21. The van der Waals surface area contributed by atoms with E-state index in [4.69, 9.17) is 9.47 Å². The molecular weight excluding hydrogens is 286 g/mol. The Morgan fingerprint density at radius 2 is 2.32 bits per heavy atom. The summed E-state index contributed by atoms with van der Waals surface area (Å²) < 4.78 is 12.8. The largest absolute Gasteiger partial charge is 0.508 e. The molecule has 2 aromatic rings. The van der Waals surface area contributed by atoms with E-state index in [1.54, 1.807) is 35.1 Å². The summed E-state index contributed by atoms with van der Waals surface area (Å²) in [6.07, 6.45) is 2.78. The van der Waals surface area contributed by atoms with E-state index >= 15 is 0 Å². The molecule has 0 radical (unpaired) electrons. The van der Waals surface area contributed by atoms with Crippen molar-refractivity contribution in [2.45, 2.75) is 38.2 Å². The summed E-state index contributed by atoms with van der Waals surface area (Å²) in [5.74, 6) is 0.738. The summed E-state index contributed by atoms with van der Waals surface area (Å²) in [4.78, 5) is 0. The Hall–Kier alpha value is -2.12. The molecule has 2 unspecified atom stereocenters. The van der Waals surface area contributed by atoms with Gasteiger partial charge in [0.2, 0.25) is 0 Å². The summed E-state index contributed by atoms with van der Waals surface area (Å²) in [7, 11) is 0. The molecule has 2 N–H and O–H groups in total. The minimum absolute atomic E-state index is 0.0368. The molecule has 0 amide bonds. The molecule has 7 heteroatoms. The number of rotatable bonds is 5. The van der Waals surface area contributed by atoms with Gasteiger partial charge >= 0.3 is 0 Å². The number of phenolic OH excluding ortho intramolecular Hbond substituents is 1. The summed E-state index contributed by atoms with van der Waals surface area (Å²) in [6.45, 7) is 1.42. The molecule has 22 heavy (non-hydrogen) atoms. The molecule has 1 aromatic heterocycles. The van der Waals surface area contributed by atoms with E-state index in [1.165, 1.54) is 0 Å². The molecule has 1 aliphatic heterocycles. The van der Waals surface area contributed by atoms with Crippen LogP contribution in [0.3, 0.4) is 0 Å². The molecule has 2 atom stereocenters. The van der Waals surface area contributed by atoms with Crippen molar-refractivity contribution in [1.82, 2.24) is 15.0 Å².